The summed E-state index contributed by atoms with van der Waals surface area (Å²) in [4.78, 5) is 4.07. The SMILES string of the molecule is C=CCNC(=S)N/N=C\c1cn(-c2ccccc2)nc1-c1ccncc1. The van der Waals surface area contributed by atoms with Crippen LogP contribution in [-0.4, -0.2) is 32.6 Å². The Hall–Kier alpha value is -3.32. The standard InChI is InChI=1S/C19H18N6S/c1-2-10-21-19(26)23-22-13-16-14-25(17-6-4-3-5-7-17)24-18(16)15-8-11-20-12-9-15/h2-9,11-14H,1,10H2,(H2,21,23,26)/b22-13-. The molecule has 0 fully saturated rings. The van der Waals surface area contributed by atoms with Crippen molar-refractivity contribution in [3.63, 3.8) is 0 Å². The van der Waals surface area contributed by atoms with Gasteiger partial charge in [0.15, 0.2) is 5.11 Å². The van der Waals surface area contributed by atoms with Crippen LogP contribution in [0.5, 0.6) is 0 Å². The fourth-order valence-electron chi connectivity index (χ4n) is 2.29. The molecule has 3 rings (SSSR count). The first-order valence-corrected chi connectivity index (χ1v) is 8.42. The molecular formula is C19H18N6S. The van der Waals surface area contributed by atoms with Crippen molar-refractivity contribution < 1.29 is 0 Å². The van der Waals surface area contributed by atoms with E-state index in [1.54, 1.807) is 24.7 Å². The van der Waals surface area contributed by atoms with E-state index in [0.29, 0.717) is 11.7 Å². The van der Waals surface area contributed by atoms with E-state index >= 15 is 0 Å². The molecule has 7 heteroatoms. The van der Waals surface area contributed by atoms with Crippen LogP contribution in [0.1, 0.15) is 5.56 Å². The van der Waals surface area contributed by atoms with Gasteiger partial charge in [0.2, 0.25) is 0 Å². The van der Waals surface area contributed by atoms with E-state index in [9.17, 15) is 0 Å². The Morgan fingerprint density at radius 3 is 2.69 bits per heavy atom. The van der Waals surface area contributed by atoms with Crippen molar-refractivity contribution in [1.29, 1.82) is 0 Å². The molecule has 3 aromatic rings. The summed E-state index contributed by atoms with van der Waals surface area (Å²) in [7, 11) is 0. The van der Waals surface area contributed by atoms with Crippen LogP contribution in [0.15, 0.2) is 78.8 Å². The van der Waals surface area contributed by atoms with Crippen LogP contribution in [0.3, 0.4) is 0 Å². The molecule has 0 saturated carbocycles. The summed E-state index contributed by atoms with van der Waals surface area (Å²) in [5.41, 5.74) is 6.39. The molecule has 6 nitrogen and oxygen atoms in total. The predicted octanol–water partition coefficient (Wildman–Crippen LogP) is 2.92. The van der Waals surface area contributed by atoms with E-state index in [0.717, 1.165) is 22.5 Å². The first-order valence-electron chi connectivity index (χ1n) is 8.01. The van der Waals surface area contributed by atoms with Gasteiger partial charge in [-0.2, -0.15) is 10.2 Å². The van der Waals surface area contributed by atoms with Crippen molar-refractivity contribution in [3.05, 3.63) is 79.3 Å². The number of nitrogens with zero attached hydrogens (tertiary/aromatic N) is 4. The van der Waals surface area contributed by atoms with Crippen LogP contribution in [0, 0.1) is 0 Å². The zero-order chi connectivity index (χ0) is 18.2. The summed E-state index contributed by atoms with van der Waals surface area (Å²) in [6.07, 6.45) is 8.83. The van der Waals surface area contributed by atoms with Crippen molar-refractivity contribution in [1.82, 2.24) is 25.5 Å². The lowest BCUT2D eigenvalue weighted by atomic mass is 10.1. The fraction of sp³-hybridized carbons (Fsp3) is 0.0526. The monoisotopic (exact) mass is 362 g/mol. The summed E-state index contributed by atoms with van der Waals surface area (Å²) in [5.74, 6) is 0. The molecule has 2 N–H and O–H groups in total. The van der Waals surface area contributed by atoms with Gasteiger partial charge in [-0.25, -0.2) is 4.68 Å². The molecule has 0 aliphatic heterocycles. The number of para-hydroxylation sites is 1. The van der Waals surface area contributed by atoms with Gasteiger partial charge >= 0.3 is 0 Å². The Kier molecular flexibility index (Phi) is 5.84. The van der Waals surface area contributed by atoms with Crippen molar-refractivity contribution in [2.24, 2.45) is 5.10 Å². The lowest BCUT2D eigenvalue weighted by Gasteiger charge is -2.03. The number of hydrogen-bond acceptors (Lipinski definition) is 4. The Labute approximate surface area is 157 Å². The highest BCUT2D eigenvalue weighted by atomic mass is 32.1. The van der Waals surface area contributed by atoms with Gasteiger partial charge in [0.25, 0.3) is 0 Å². The van der Waals surface area contributed by atoms with Gasteiger partial charge in [-0.1, -0.05) is 24.3 Å². The zero-order valence-electron chi connectivity index (χ0n) is 14.0. The molecular weight excluding hydrogens is 344 g/mol. The van der Waals surface area contributed by atoms with Crippen LogP contribution >= 0.6 is 12.2 Å². The maximum absolute atomic E-state index is 5.13. The molecule has 0 atom stereocenters. The van der Waals surface area contributed by atoms with Gasteiger partial charge in [-0.05, 0) is 36.5 Å². The predicted molar refractivity (Wildman–Crippen MR) is 108 cm³/mol. The van der Waals surface area contributed by atoms with Crippen LogP contribution in [0.2, 0.25) is 0 Å². The number of hydrazone groups is 1. The summed E-state index contributed by atoms with van der Waals surface area (Å²) >= 11 is 5.13. The Balaban J connectivity index is 1.88. The highest BCUT2D eigenvalue weighted by Gasteiger charge is 2.10. The van der Waals surface area contributed by atoms with Crippen molar-refractivity contribution in [2.75, 3.05) is 6.54 Å². The average molecular weight is 362 g/mol. The Morgan fingerprint density at radius 1 is 1.19 bits per heavy atom. The first kappa shape index (κ1) is 17.5. The highest BCUT2D eigenvalue weighted by molar-refractivity contribution is 7.80. The van der Waals surface area contributed by atoms with Crippen LogP contribution in [0.25, 0.3) is 16.9 Å². The second-order valence-corrected chi connectivity index (χ2v) is 5.73. The van der Waals surface area contributed by atoms with Crippen LogP contribution < -0.4 is 10.7 Å². The summed E-state index contributed by atoms with van der Waals surface area (Å²) in [6.45, 7) is 4.21. The van der Waals surface area contributed by atoms with E-state index in [-0.39, 0.29) is 0 Å². The van der Waals surface area contributed by atoms with Gasteiger partial charge in [-0.3, -0.25) is 10.4 Å². The molecule has 1 aromatic carbocycles. The van der Waals surface area contributed by atoms with Crippen molar-refractivity contribution in [3.8, 4) is 16.9 Å². The molecule has 2 aromatic heterocycles. The summed E-state index contributed by atoms with van der Waals surface area (Å²) < 4.78 is 1.82. The van der Waals surface area contributed by atoms with Crippen LogP contribution in [0.4, 0.5) is 0 Å². The zero-order valence-corrected chi connectivity index (χ0v) is 14.9. The van der Waals surface area contributed by atoms with E-state index in [4.69, 9.17) is 17.3 Å². The number of benzene rings is 1. The number of pyridine rings is 1. The van der Waals surface area contributed by atoms with Gasteiger partial charge in [-0.15, -0.1) is 6.58 Å². The third-order valence-corrected chi connectivity index (χ3v) is 3.73. The third-order valence-electron chi connectivity index (χ3n) is 3.49. The largest absolute Gasteiger partial charge is 0.358 e. The smallest absolute Gasteiger partial charge is 0.187 e. The van der Waals surface area contributed by atoms with Crippen molar-refractivity contribution in [2.45, 2.75) is 0 Å². The molecule has 0 amide bonds. The van der Waals surface area contributed by atoms with E-state index in [2.05, 4.69) is 27.4 Å². The molecule has 0 unspecified atom stereocenters. The minimum atomic E-state index is 0.432. The number of nitrogens with one attached hydrogen (secondary N) is 2. The highest BCUT2D eigenvalue weighted by Crippen LogP contribution is 2.21. The number of rotatable bonds is 6. The van der Waals surface area contributed by atoms with E-state index in [1.807, 2.05) is 53.3 Å². The topological polar surface area (TPSA) is 67.1 Å². The van der Waals surface area contributed by atoms with Gasteiger partial charge in [0, 0.05) is 36.3 Å². The van der Waals surface area contributed by atoms with Gasteiger partial charge in [0.05, 0.1) is 11.9 Å². The third kappa shape index (κ3) is 4.40. The number of hydrogen-bond donors (Lipinski definition) is 2. The second kappa shape index (κ2) is 8.68. The minimum absolute atomic E-state index is 0.432. The van der Waals surface area contributed by atoms with Crippen molar-refractivity contribution >= 4 is 23.5 Å². The molecule has 0 bridgehead atoms. The molecule has 0 spiro atoms. The van der Waals surface area contributed by atoms with E-state index in [1.165, 1.54) is 0 Å². The first-order chi connectivity index (χ1) is 12.8. The lowest BCUT2D eigenvalue weighted by molar-refractivity contribution is 0.884. The normalized spacial score (nSPS) is 10.6. The number of aromatic nitrogens is 3. The Morgan fingerprint density at radius 2 is 1.96 bits per heavy atom. The maximum atomic E-state index is 5.13. The lowest BCUT2D eigenvalue weighted by Crippen LogP contribution is -2.31. The molecule has 0 aliphatic rings. The van der Waals surface area contributed by atoms with Crippen LogP contribution in [-0.2, 0) is 0 Å². The van der Waals surface area contributed by atoms with Gasteiger partial charge < -0.3 is 5.32 Å². The fourth-order valence-corrected chi connectivity index (χ4v) is 2.43. The molecule has 2 heterocycles. The molecule has 0 radical (unpaired) electrons. The quantitative estimate of drug-likeness (QED) is 0.305. The molecule has 0 saturated heterocycles. The maximum Gasteiger partial charge on any atom is 0.187 e. The average Bonchev–Trinajstić information content (AvgIpc) is 3.12. The molecule has 26 heavy (non-hydrogen) atoms. The second-order valence-electron chi connectivity index (χ2n) is 5.32. The molecule has 130 valence electrons. The summed E-state index contributed by atoms with van der Waals surface area (Å²) in [5, 5.41) is 12.3. The molecule has 0 aliphatic carbocycles. The number of thiocarbonyl (C=S) groups is 1. The summed E-state index contributed by atoms with van der Waals surface area (Å²) in [6, 6.07) is 13.7. The van der Waals surface area contributed by atoms with Gasteiger partial charge in [0.1, 0.15) is 5.69 Å². The Bertz CT molecular complexity index is 902. The minimum Gasteiger partial charge on any atom is -0.358 e. The van der Waals surface area contributed by atoms with E-state index < -0.39 is 0 Å².